The minimum atomic E-state index is 0.840. The molecule has 0 saturated heterocycles. The molecule has 0 aliphatic carbocycles. The molecule has 0 aromatic carbocycles. The maximum atomic E-state index is 4.00. The molecule has 1 heterocycles. The van der Waals surface area contributed by atoms with Crippen molar-refractivity contribution in [1.82, 2.24) is 4.98 Å². The lowest BCUT2D eigenvalue weighted by atomic mass is 10.3. The highest BCUT2D eigenvalue weighted by atomic mass is 79.9. The summed E-state index contributed by atoms with van der Waals surface area (Å²) in [5, 5.41) is 0. The molecule has 11 heavy (non-hydrogen) atoms. The standard InChI is InChI=1S/C7H4Br3N/c8-6(9)3-5-1-2-11-7(10)4-5/h1-4H. The van der Waals surface area contributed by atoms with Gasteiger partial charge in [-0.05, 0) is 71.6 Å². The monoisotopic (exact) mass is 339 g/mol. The summed E-state index contributed by atoms with van der Waals surface area (Å²) in [5.41, 5.74) is 1.09. The first kappa shape index (κ1) is 9.42. The van der Waals surface area contributed by atoms with Crippen LogP contribution >= 0.6 is 47.8 Å². The van der Waals surface area contributed by atoms with E-state index in [0.29, 0.717) is 0 Å². The van der Waals surface area contributed by atoms with Crippen molar-refractivity contribution in [1.29, 1.82) is 0 Å². The van der Waals surface area contributed by atoms with Crippen LogP contribution in [-0.2, 0) is 0 Å². The summed E-state index contributed by atoms with van der Waals surface area (Å²) in [6.45, 7) is 0. The summed E-state index contributed by atoms with van der Waals surface area (Å²) in [6.07, 6.45) is 3.70. The number of hydrogen-bond acceptors (Lipinski definition) is 1. The largest absolute Gasteiger partial charge is 0.249 e. The Morgan fingerprint density at radius 2 is 2.18 bits per heavy atom. The third kappa shape index (κ3) is 3.49. The number of hydrogen-bond donors (Lipinski definition) is 0. The number of rotatable bonds is 1. The van der Waals surface area contributed by atoms with E-state index in [9.17, 15) is 0 Å². The van der Waals surface area contributed by atoms with Gasteiger partial charge in [0.15, 0.2) is 0 Å². The number of nitrogens with zero attached hydrogens (tertiary/aromatic N) is 1. The van der Waals surface area contributed by atoms with Gasteiger partial charge in [-0.25, -0.2) is 4.98 Å². The van der Waals surface area contributed by atoms with Crippen LogP contribution in [0.2, 0.25) is 0 Å². The predicted octanol–water partition coefficient (Wildman–Crippen LogP) is 3.93. The molecule has 0 radical (unpaired) electrons. The Labute approximate surface area is 90.3 Å². The Balaban J connectivity index is 2.97. The smallest absolute Gasteiger partial charge is 0.106 e. The van der Waals surface area contributed by atoms with Crippen LogP contribution < -0.4 is 0 Å². The molecule has 1 aromatic rings. The number of halogens is 3. The summed E-state index contributed by atoms with van der Waals surface area (Å²) in [4.78, 5) is 4.00. The van der Waals surface area contributed by atoms with Crippen molar-refractivity contribution in [3.05, 3.63) is 31.9 Å². The lowest BCUT2D eigenvalue weighted by molar-refractivity contribution is 1.27. The Morgan fingerprint density at radius 3 is 2.73 bits per heavy atom. The van der Waals surface area contributed by atoms with Crippen LogP contribution in [0.25, 0.3) is 6.08 Å². The molecule has 1 aromatic heterocycles. The molecule has 0 spiro atoms. The predicted molar refractivity (Wildman–Crippen MR) is 57.8 cm³/mol. The number of aromatic nitrogens is 1. The maximum Gasteiger partial charge on any atom is 0.106 e. The van der Waals surface area contributed by atoms with E-state index in [0.717, 1.165) is 13.6 Å². The zero-order valence-electron chi connectivity index (χ0n) is 5.39. The van der Waals surface area contributed by atoms with Gasteiger partial charge in [0, 0.05) is 6.20 Å². The van der Waals surface area contributed by atoms with Crippen LogP contribution in [0.5, 0.6) is 0 Å². The maximum absolute atomic E-state index is 4.00. The van der Waals surface area contributed by atoms with E-state index >= 15 is 0 Å². The zero-order chi connectivity index (χ0) is 8.27. The molecule has 1 nitrogen and oxygen atoms in total. The first-order chi connectivity index (χ1) is 5.18. The van der Waals surface area contributed by atoms with Gasteiger partial charge in [0.1, 0.15) is 4.60 Å². The Kier molecular flexibility index (Phi) is 3.75. The van der Waals surface area contributed by atoms with Gasteiger partial charge < -0.3 is 0 Å². The molecular weight excluding hydrogens is 338 g/mol. The third-order valence-corrected chi connectivity index (χ3v) is 1.92. The molecule has 0 fully saturated rings. The van der Waals surface area contributed by atoms with Gasteiger partial charge in [0.05, 0.1) is 3.39 Å². The quantitative estimate of drug-likeness (QED) is 0.705. The second-order valence-electron chi connectivity index (χ2n) is 1.85. The zero-order valence-corrected chi connectivity index (χ0v) is 10.1. The summed E-state index contributed by atoms with van der Waals surface area (Å²) >= 11 is 9.84. The van der Waals surface area contributed by atoms with E-state index in [2.05, 4.69) is 52.8 Å². The summed E-state index contributed by atoms with van der Waals surface area (Å²) in [7, 11) is 0. The molecule has 0 bridgehead atoms. The van der Waals surface area contributed by atoms with Crippen LogP contribution in [0, 0.1) is 0 Å². The van der Waals surface area contributed by atoms with Gasteiger partial charge in [-0.15, -0.1) is 0 Å². The van der Waals surface area contributed by atoms with Crippen molar-refractivity contribution < 1.29 is 0 Å². The van der Waals surface area contributed by atoms with E-state index in [1.54, 1.807) is 6.20 Å². The van der Waals surface area contributed by atoms with E-state index in [4.69, 9.17) is 0 Å². The molecule has 0 aliphatic heterocycles. The van der Waals surface area contributed by atoms with Crippen LogP contribution in [0.4, 0.5) is 0 Å². The third-order valence-electron chi connectivity index (χ3n) is 1.03. The summed E-state index contributed by atoms with van der Waals surface area (Å²) in [6, 6.07) is 3.86. The Morgan fingerprint density at radius 1 is 1.45 bits per heavy atom. The summed E-state index contributed by atoms with van der Waals surface area (Å²) in [5.74, 6) is 0. The van der Waals surface area contributed by atoms with Gasteiger partial charge in [0.25, 0.3) is 0 Å². The number of pyridine rings is 1. The van der Waals surface area contributed by atoms with E-state index < -0.39 is 0 Å². The van der Waals surface area contributed by atoms with Crippen molar-refractivity contribution in [2.24, 2.45) is 0 Å². The average molecular weight is 342 g/mol. The van der Waals surface area contributed by atoms with Crippen molar-refractivity contribution >= 4 is 53.9 Å². The fourth-order valence-electron chi connectivity index (χ4n) is 0.633. The van der Waals surface area contributed by atoms with Crippen molar-refractivity contribution in [3.8, 4) is 0 Å². The highest BCUT2D eigenvalue weighted by Crippen LogP contribution is 2.18. The Hall–Kier alpha value is 0.330. The van der Waals surface area contributed by atoms with Crippen molar-refractivity contribution in [2.75, 3.05) is 0 Å². The van der Waals surface area contributed by atoms with Gasteiger partial charge in [-0.2, -0.15) is 0 Å². The molecule has 0 amide bonds. The molecule has 0 aliphatic rings. The van der Waals surface area contributed by atoms with Crippen molar-refractivity contribution in [2.45, 2.75) is 0 Å². The minimum absolute atomic E-state index is 0.840. The van der Waals surface area contributed by atoms with Crippen LogP contribution in [-0.4, -0.2) is 4.98 Å². The SMILES string of the molecule is BrC(Br)=Cc1ccnc(Br)c1. The first-order valence-corrected chi connectivity index (χ1v) is 5.20. The molecular formula is C7H4Br3N. The van der Waals surface area contributed by atoms with Gasteiger partial charge in [-0.1, -0.05) is 0 Å². The minimum Gasteiger partial charge on any atom is -0.249 e. The lowest BCUT2D eigenvalue weighted by Crippen LogP contribution is -1.75. The van der Waals surface area contributed by atoms with E-state index in [1.165, 1.54) is 0 Å². The first-order valence-electron chi connectivity index (χ1n) is 2.83. The lowest BCUT2D eigenvalue weighted by Gasteiger charge is -1.92. The average Bonchev–Trinajstić information content (AvgIpc) is 1.85. The molecule has 4 heteroatoms. The molecule has 1 rings (SSSR count). The molecule has 0 saturated carbocycles. The molecule has 58 valence electrons. The fraction of sp³-hybridized carbons (Fsp3) is 0. The van der Waals surface area contributed by atoms with E-state index in [1.807, 2.05) is 18.2 Å². The van der Waals surface area contributed by atoms with Crippen molar-refractivity contribution in [3.63, 3.8) is 0 Å². The highest BCUT2D eigenvalue weighted by Gasteiger charge is 1.90. The molecule has 0 unspecified atom stereocenters. The van der Waals surface area contributed by atoms with Gasteiger partial charge in [0.2, 0.25) is 0 Å². The summed E-state index contributed by atoms with van der Waals surface area (Å²) < 4.78 is 1.76. The van der Waals surface area contributed by atoms with Crippen LogP contribution in [0.1, 0.15) is 5.56 Å². The molecule has 0 N–H and O–H groups in total. The normalized spacial score (nSPS) is 9.36. The van der Waals surface area contributed by atoms with Gasteiger partial charge >= 0.3 is 0 Å². The second-order valence-corrected chi connectivity index (χ2v) is 5.43. The van der Waals surface area contributed by atoms with Crippen LogP contribution in [0.15, 0.2) is 26.3 Å². The topological polar surface area (TPSA) is 12.9 Å². The van der Waals surface area contributed by atoms with E-state index in [-0.39, 0.29) is 0 Å². The highest BCUT2D eigenvalue weighted by molar-refractivity contribution is 9.28. The Bertz CT molecular complexity index is 279. The van der Waals surface area contributed by atoms with Crippen LogP contribution in [0.3, 0.4) is 0 Å². The second kappa shape index (κ2) is 4.38. The molecule has 0 atom stereocenters. The fourth-order valence-corrected chi connectivity index (χ4v) is 1.54. The van der Waals surface area contributed by atoms with Gasteiger partial charge in [-0.3, -0.25) is 0 Å².